The van der Waals surface area contributed by atoms with Gasteiger partial charge in [0.2, 0.25) is 0 Å². The number of piperidine rings is 1. The fourth-order valence-corrected chi connectivity index (χ4v) is 5.43. The summed E-state index contributed by atoms with van der Waals surface area (Å²) in [5.41, 5.74) is 1.65. The van der Waals surface area contributed by atoms with Crippen molar-refractivity contribution in [1.82, 2.24) is 9.80 Å². The highest BCUT2D eigenvalue weighted by molar-refractivity contribution is 8.14. The third kappa shape index (κ3) is 7.51. The largest absolute Gasteiger partial charge is 0.379 e. The number of Topliss-reactive ketones (excluding diaryl/α,β-unsaturated/α-hetero) is 1. The summed E-state index contributed by atoms with van der Waals surface area (Å²) < 4.78 is 20.2. The highest BCUT2D eigenvalue weighted by Crippen LogP contribution is 2.40. The van der Waals surface area contributed by atoms with Crippen molar-refractivity contribution in [1.29, 1.82) is 0 Å². The summed E-state index contributed by atoms with van der Waals surface area (Å²) in [5, 5.41) is 0.225. The first-order valence-electron chi connectivity index (χ1n) is 11.2. The van der Waals surface area contributed by atoms with Crippen molar-refractivity contribution in [3.05, 3.63) is 47.3 Å². The number of thioether (sulfide) groups is 1. The van der Waals surface area contributed by atoms with E-state index in [2.05, 4.69) is 15.9 Å². The fraction of sp³-hybridized carbons (Fsp3) is 0.583. The van der Waals surface area contributed by atoms with E-state index in [1.807, 2.05) is 0 Å². The molecule has 2 heterocycles. The second-order valence-corrected chi connectivity index (χ2v) is 10.0. The van der Waals surface area contributed by atoms with E-state index < -0.39 is 6.04 Å². The summed E-state index contributed by atoms with van der Waals surface area (Å²) in [7, 11) is 0. The van der Waals surface area contributed by atoms with Crippen molar-refractivity contribution in [2.75, 3.05) is 45.9 Å². The fourth-order valence-electron chi connectivity index (χ4n) is 4.48. The number of rotatable bonds is 7. The molecule has 0 N–H and O–H groups in total. The predicted octanol–water partition coefficient (Wildman–Crippen LogP) is 4.30. The van der Waals surface area contributed by atoms with E-state index in [4.69, 9.17) is 4.74 Å². The zero-order valence-electron chi connectivity index (χ0n) is 18.9. The van der Waals surface area contributed by atoms with Gasteiger partial charge < -0.3 is 4.74 Å². The Labute approximate surface area is 212 Å². The van der Waals surface area contributed by atoms with Crippen LogP contribution in [0.2, 0.25) is 0 Å². The molecule has 0 aromatic heterocycles. The molecule has 2 unspecified atom stereocenters. The lowest BCUT2D eigenvalue weighted by Crippen LogP contribution is -2.43. The van der Waals surface area contributed by atoms with Crippen LogP contribution in [0.15, 0.2) is 35.9 Å². The molecule has 1 aromatic rings. The number of carbonyl (C=O) groups excluding carboxylic acids is 2. The van der Waals surface area contributed by atoms with Crippen molar-refractivity contribution >= 4 is 47.5 Å². The predicted molar refractivity (Wildman–Crippen MR) is 135 cm³/mol. The van der Waals surface area contributed by atoms with Crippen LogP contribution in [0, 0.1) is 11.7 Å². The number of nitrogens with zero attached hydrogens (tertiary/aromatic N) is 2. The number of likely N-dealkylation sites (tertiary alicyclic amines) is 1. The number of halogens is 3. The summed E-state index contributed by atoms with van der Waals surface area (Å²) in [6.45, 7) is 6.96. The molecule has 5 nitrogen and oxygen atoms in total. The van der Waals surface area contributed by atoms with Crippen LogP contribution in [-0.2, 0) is 14.3 Å². The summed E-state index contributed by atoms with van der Waals surface area (Å²) in [6.07, 6.45) is 4.81. The Bertz CT molecular complexity index is 847. The van der Waals surface area contributed by atoms with Crippen LogP contribution in [0.25, 0.3) is 0 Å². The molecular weight excluding hydrogens is 486 g/mol. The first kappa shape index (κ1) is 28.3. The van der Waals surface area contributed by atoms with Gasteiger partial charge in [0.15, 0.2) is 10.9 Å². The van der Waals surface area contributed by atoms with E-state index >= 15 is 0 Å². The zero-order chi connectivity index (χ0) is 21.8. The van der Waals surface area contributed by atoms with Crippen LogP contribution in [0.5, 0.6) is 0 Å². The molecule has 3 fully saturated rings. The molecule has 2 aliphatic heterocycles. The van der Waals surface area contributed by atoms with Crippen LogP contribution in [0.1, 0.15) is 37.8 Å². The maximum atomic E-state index is 14.7. The second kappa shape index (κ2) is 13.2. The van der Waals surface area contributed by atoms with Crippen molar-refractivity contribution in [2.24, 2.45) is 5.92 Å². The number of morpholine rings is 1. The molecule has 4 rings (SSSR count). The SMILES string of the molecule is CC(=O)SC1CCN(C(C(=O)C2CC2)c2ccccc2F)CC1=CCN1CCOCC1.Cl.Cl. The van der Waals surface area contributed by atoms with E-state index in [0.717, 1.165) is 52.1 Å². The average Bonchev–Trinajstić information content (AvgIpc) is 3.61. The molecule has 0 amide bonds. The van der Waals surface area contributed by atoms with Gasteiger partial charge in [-0.25, -0.2) is 4.39 Å². The minimum Gasteiger partial charge on any atom is -0.379 e. The lowest BCUT2D eigenvalue weighted by Gasteiger charge is -2.39. The minimum atomic E-state index is -0.552. The van der Waals surface area contributed by atoms with Gasteiger partial charge in [0.1, 0.15) is 5.82 Å². The molecule has 9 heteroatoms. The number of hydrogen-bond acceptors (Lipinski definition) is 6. The van der Waals surface area contributed by atoms with Crippen LogP contribution in [0.3, 0.4) is 0 Å². The molecular formula is C24H33Cl2FN2O3S. The standard InChI is InChI=1S/C24H31FN2O3S.2ClH/c1-17(28)31-22-9-11-27(16-19(22)8-10-26-12-14-30-15-13-26)23(24(29)18-6-7-18)20-4-2-3-5-21(20)25;;/h2-5,8,18,22-23H,6-7,9-16H2,1H3;2*1H. The minimum absolute atomic E-state index is 0. The Morgan fingerprint density at radius 1 is 1.15 bits per heavy atom. The Morgan fingerprint density at radius 3 is 2.48 bits per heavy atom. The van der Waals surface area contributed by atoms with Crippen molar-refractivity contribution in [3.63, 3.8) is 0 Å². The topological polar surface area (TPSA) is 49.9 Å². The maximum Gasteiger partial charge on any atom is 0.186 e. The molecule has 184 valence electrons. The van der Waals surface area contributed by atoms with E-state index in [1.54, 1.807) is 25.1 Å². The Kier molecular flexibility index (Phi) is 11.3. The number of benzene rings is 1. The maximum absolute atomic E-state index is 14.7. The third-order valence-electron chi connectivity index (χ3n) is 6.32. The van der Waals surface area contributed by atoms with Crippen molar-refractivity contribution in [3.8, 4) is 0 Å². The van der Waals surface area contributed by atoms with Gasteiger partial charge in [0.05, 0.1) is 19.3 Å². The Morgan fingerprint density at radius 2 is 1.85 bits per heavy atom. The lowest BCUT2D eigenvalue weighted by atomic mass is 9.93. The average molecular weight is 520 g/mol. The molecule has 2 atom stereocenters. The van der Waals surface area contributed by atoms with E-state index in [9.17, 15) is 14.0 Å². The summed E-state index contributed by atoms with van der Waals surface area (Å²) >= 11 is 1.37. The van der Waals surface area contributed by atoms with E-state index in [1.165, 1.54) is 23.4 Å². The summed E-state index contributed by atoms with van der Waals surface area (Å²) in [5.74, 6) is -0.134. The monoisotopic (exact) mass is 518 g/mol. The summed E-state index contributed by atoms with van der Waals surface area (Å²) in [6, 6.07) is 6.10. The third-order valence-corrected chi connectivity index (χ3v) is 7.47. The van der Waals surface area contributed by atoms with Crippen LogP contribution in [0.4, 0.5) is 4.39 Å². The summed E-state index contributed by atoms with van der Waals surface area (Å²) in [4.78, 5) is 29.5. The second-order valence-electron chi connectivity index (χ2n) is 8.65. The molecule has 0 bridgehead atoms. The molecule has 3 aliphatic rings. The quantitative estimate of drug-likeness (QED) is 0.501. The van der Waals surface area contributed by atoms with Crippen LogP contribution in [-0.4, -0.2) is 71.9 Å². The lowest BCUT2D eigenvalue weighted by molar-refractivity contribution is -0.126. The van der Waals surface area contributed by atoms with Crippen molar-refractivity contribution in [2.45, 2.75) is 37.5 Å². The van der Waals surface area contributed by atoms with Gasteiger partial charge in [0, 0.05) is 56.4 Å². The van der Waals surface area contributed by atoms with E-state index in [-0.39, 0.29) is 52.7 Å². The Hall–Kier alpha value is -0.960. The van der Waals surface area contributed by atoms with E-state index in [0.29, 0.717) is 18.7 Å². The van der Waals surface area contributed by atoms with Gasteiger partial charge in [-0.1, -0.05) is 36.0 Å². The van der Waals surface area contributed by atoms with Gasteiger partial charge in [0.25, 0.3) is 0 Å². The van der Waals surface area contributed by atoms with Gasteiger partial charge in [-0.2, -0.15) is 0 Å². The normalized spacial score (nSPS) is 23.9. The molecule has 0 radical (unpaired) electrons. The molecule has 2 saturated heterocycles. The number of hydrogen-bond donors (Lipinski definition) is 0. The molecule has 1 aliphatic carbocycles. The van der Waals surface area contributed by atoms with Gasteiger partial charge >= 0.3 is 0 Å². The highest BCUT2D eigenvalue weighted by Gasteiger charge is 2.41. The first-order valence-corrected chi connectivity index (χ1v) is 12.1. The van der Waals surface area contributed by atoms with Crippen LogP contribution >= 0.6 is 36.6 Å². The zero-order valence-corrected chi connectivity index (χ0v) is 21.4. The first-order chi connectivity index (χ1) is 15.0. The van der Waals surface area contributed by atoms with Gasteiger partial charge in [-0.15, -0.1) is 24.8 Å². The number of ketones is 1. The number of carbonyl (C=O) groups is 2. The smallest absolute Gasteiger partial charge is 0.186 e. The van der Waals surface area contributed by atoms with Crippen molar-refractivity contribution < 1.29 is 18.7 Å². The van der Waals surface area contributed by atoms with Crippen LogP contribution < -0.4 is 0 Å². The number of ether oxygens (including phenoxy) is 1. The molecule has 0 spiro atoms. The highest BCUT2D eigenvalue weighted by atomic mass is 35.5. The van der Waals surface area contributed by atoms with Gasteiger partial charge in [-0.3, -0.25) is 19.4 Å². The Balaban J connectivity index is 0.00000193. The molecule has 1 saturated carbocycles. The van der Waals surface area contributed by atoms with Gasteiger partial charge in [-0.05, 0) is 30.9 Å². The molecule has 33 heavy (non-hydrogen) atoms. The molecule has 1 aromatic carbocycles.